The largest absolute Gasteiger partial charge is 0.505 e. The second kappa shape index (κ2) is 7.12. The van der Waals surface area contributed by atoms with Gasteiger partial charge in [0.1, 0.15) is 5.75 Å². The van der Waals surface area contributed by atoms with Gasteiger partial charge in [-0.05, 0) is 17.9 Å². The number of rotatable bonds is 7. The Morgan fingerprint density at radius 2 is 2.16 bits per heavy atom. The van der Waals surface area contributed by atoms with Crippen LogP contribution in [0.3, 0.4) is 0 Å². The Morgan fingerprint density at radius 3 is 2.79 bits per heavy atom. The van der Waals surface area contributed by atoms with E-state index >= 15 is 0 Å². The summed E-state index contributed by atoms with van der Waals surface area (Å²) >= 11 is 0. The molecule has 4 heteroatoms. The van der Waals surface area contributed by atoms with Gasteiger partial charge in [0.05, 0.1) is 11.8 Å². The summed E-state index contributed by atoms with van der Waals surface area (Å²) in [6, 6.07) is 1.52. The molecule has 1 amide bonds. The van der Waals surface area contributed by atoms with Crippen LogP contribution in [0, 0.1) is 5.41 Å². The fraction of sp³-hybridized carbons (Fsp3) is 0.600. The summed E-state index contributed by atoms with van der Waals surface area (Å²) in [5.74, 6) is -0.327. The van der Waals surface area contributed by atoms with E-state index in [0.717, 1.165) is 6.42 Å². The van der Waals surface area contributed by atoms with Gasteiger partial charge >= 0.3 is 0 Å². The van der Waals surface area contributed by atoms with E-state index in [2.05, 4.69) is 31.1 Å². The van der Waals surface area contributed by atoms with Gasteiger partial charge in [-0.2, -0.15) is 0 Å². The normalized spacial score (nSPS) is 11.3. The first-order valence-electron chi connectivity index (χ1n) is 6.87. The van der Waals surface area contributed by atoms with Crippen LogP contribution in [0.25, 0.3) is 0 Å². The van der Waals surface area contributed by atoms with Crippen LogP contribution in [0.4, 0.5) is 0 Å². The molecule has 0 spiro atoms. The maximum absolute atomic E-state index is 11.9. The van der Waals surface area contributed by atoms with Gasteiger partial charge in [-0.3, -0.25) is 9.78 Å². The number of nitrogens with one attached hydrogen (secondary N) is 1. The quantitative estimate of drug-likeness (QED) is 0.744. The molecular weight excluding hydrogens is 240 g/mol. The Labute approximate surface area is 115 Å². The number of unbranched alkanes of at least 4 members (excludes halogenated alkanes) is 2. The molecule has 4 nitrogen and oxygen atoms in total. The van der Waals surface area contributed by atoms with Gasteiger partial charge in [0.2, 0.25) is 0 Å². The summed E-state index contributed by atoms with van der Waals surface area (Å²) in [5, 5.41) is 12.4. The summed E-state index contributed by atoms with van der Waals surface area (Å²) in [4.78, 5) is 15.7. The molecule has 1 aromatic rings. The number of hydrogen-bond acceptors (Lipinski definition) is 3. The van der Waals surface area contributed by atoms with Gasteiger partial charge in [-0.15, -0.1) is 0 Å². The summed E-state index contributed by atoms with van der Waals surface area (Å²) < 4.78 is 0. The molecule has 1 rings (SSSR count). The molecule has 106 valence electrons. The topological polar surface area (TPSA) is 62.2 Å². The third kappa shape index (κ3) is 5.28. The minimum atomic E-state index is -0.247. The zero-order valence-electron chi connectivity index (χ0n) is 12.1. The Morgan fingerprint density at radius 1 is 1.42 bits per heavy atom. The van der Waals surface area contributed by atoms with Gasteiger partial charge in [0, 0.05) is 12.7 Å². The van der Waals surface area contributed by atoms with Crippen LogP contribution in [0.15, 0.2) is 18.5 Å². The predicted molar refractivity (Wildman–Crippen MR) is 76.2 cm³/mol. The average Bonchev–Trinajstić information content (AvgIpc) is 2.37. The molecule has 0 unspecified atom stereocenters. The van der Waals surface area contributed by atoms with Crippen molar-refractivity contribution in [3.05, 3.63) is 24.0 Å². The molecule has 1 aromatic heterocycles. The number of aromatic hydroxyl groups is 1. The lowest BCUT2D eigenvalue weighted by atomic mass is 9.87. The van der Waals surface area contributed by atoms with E-state index < -0.39 is 0 Å². The van der Waals surface area contributed by atoms with Crippen molar-refractivity contribution in [3.63, 3.8) is 0 Å². The van der Waals surface area contributed by atoms with Crippen LogP contribution in [-0.4, -0.2) is 22.5 Å². The van der Waals surface area contributed by atoms with Crippen molar-refractivity contribution in [1.29, 1.82) is 0 Å². The maximum Gasteiger partial charge on any atom is 0.255 e. The summed E-state index contributed by atoms with van der Waals surface area (Å²) in [6.07, 6.45) is 7.47. The predicted octanol–water partition coefficient (Wildman–Crippen LogP) is 3.12. The molecule has 0 saturated carbocycles. The minimum Gasteiger partial charge on any atom is -0.505 e. The lowest BCUT2D eigenvalue weighted by Gasteiger charge is -2.25. The number of aromatic nitrogens is 1. The number of nitrogens with zero attached hydrogens (tertiary/aromatic N) is 1. The first-order valence-corrected chi connectivity index (χ1v) is 6.87. The van der Waals surface area contributed by atoms with Gasteiger partial charge < -0.3 is 10.4 Å². The van der Waals surface area contributed by atoms with Crippen molar-refractivity contribution in [1.82, 2.24) is 10.3 Å². The minimum absolute atomic E-state index is 0.0769. The first kappa shape index (κ1) is 15.5. The molecule has 0 aliphatic heterocycles. The lowest BCUT2D eigenvalue weighted by Crippen LogP contribution is -2.34. The zero-order valence-corrected chi connectivity index (χ0v) is 12.1. The summed E-state index contributed by atoms with van der Waals surface area (Å²) in [7, 11) is 0. The Hall–Kier alpha value is -1.58. The number of amides is 1. The Kier molecular flexibility index (Phi) is 5.80. The van der Waals surface area contributed by atoms with Crippen molar-refractivity contribution in [2.45, 2.75) is 46.5 Å². The third-order valence-electron chi connectivity index (χ3n) is 3.23. The number of hydrogen-bond donors (Lipinski definition) is 2. The van der Waals surface area contributed by atoms with E-state index in [1.165, 1.54) is 37.7 Å². The standard InChI is InChI=1S/C15H24N2O2/c1-4-5-6-8-15(2,3)11-17-14(19)12-7-9-16-10-13(12)18/h7,9-10,18H,4-6,8,11H2,1-3H3,(H,17,19). The van der Waals surface area contributed by atoms with E-state index in [9.17, 15) is 9.90 Å². The fourth-order valence-corrected chi connectivity index (χ4v) is 1.93. The van der Waals surface area contributed by atoms with Gasteiger partial charge in [-0.25, -0.2) is 0 Å². The van der Waals surface area contributed by atoms with Crippen LogP contribution >= 0.6 is 0 Å². The molecule has 1 heterocycles. The van der Waals surface area contributed by atoms with Crippen molar-refractivity contribution >= 4 is 5.91 Å². The maximum atomic E-state index is 11.9. The van der Waals surface area contributed by atoms with Crippen LogP contribution < -0.4 is 5.32 Å². The van der Waals surface area contributed by atoms with Gasteiger partial charge in [0.25, 0.3) is 5.91 Å². The second-order valence-corrected chi connectivity index (χ2v) is 5.70. The van der Waals surface area contributed by atoms with Crippen molar-refractivity contribution < 1.29 is 9.90 Å². The highest BCUT2D eigenvalue weighted by Crippen LogP contribution is 2.23. The Bertz CT molecular complexity index is 416. The van der Waals surface area contributed by atoms with Gasteiger partial charge in [-0.1, -0.05) is 40.0 Å². The fourth-order valence-electron chi connectivity index (χ4n) is 1.93. The van der Waals surface area contributed by atoms with E-state index in [4.69, 9.17) is 0 Å². The molecule has 0 fully saturated rings. The molecule has 0 saturated heterocycles. The van der Waals surface area contributed by atoms with Crippen LogP contribution in [0.1, 0.15) is 56.8 Å². The second-order valence-electron chi connectivity index (χ2n) is 5.70. The molecule has 2 N–H and O–H groups in total. The molecule has 0 radical (unpaired) electrons. The lowest BCUT2D eigenvalue weighted by molar-refractivity contribution is 0.0931. The molecule has 0 aliphatic rings. The third-order valence-corrected chi connectivity index (χ3v) is 3.23. The zero-order chi connectivity index (χ0) is 14.3. The summed E-state index contributed by atoms with van der Waals surface area (Å²) in [5.41, 5.74) is 0.354. The van der Waals surface area contributed by atoms with Crippen molar-refractivity contribution in [2.24, 2.45) is 5.41 Å². The molecule has 0 aromatic carbocycles. The highest BCUT2D eigenvalue weighted by molar-refractivity contribution is 5.96. The molecule has 0 aliphatic carbocycles. The smallest absolute Gasteiger partial charge is 0.255 e. The first-order chi connectivity index (χ1) is 8.96. The molecule has 0 atom stereocenters. The summed E-state index contributed by atoms with van der Waals surface area (Å²) in [6.45, 7) is 7.09. The van der Waals surface area contributed by atoms with Crippen LogP contribution in [-0.2, 0) is 0 Å². The van der Waals surface area contributed by atoms with Crippen LogP contribution in [0.5, 0.6) is 5.75 Å². The number of carbonyl (C=O) groups excluding carboxylic acids is 1. The van der Waals surface area contributed by atoms with E-state index in [0.29, 0.717) is 6.54 Å². The molecule has 19 heavy (non-hydrogen) atoms. The number of pyridine rings is 1. The monoisotopic (exact) mass is 264 g/mol. The van der Waals surface area contributed by atoms with Crippen molar-refractivity contribution in [3.8, 4) is 5.75 Å². The molecule has 0 bridgehead atoms. The molecular formula is C15H24N2O2. The van der Waals surface area contributed by atoms with Crippen molar-refractivity contribution in [2.75, 3.05) is 6.54 Å². The van der Waals surface area contributed by atoms with Gasteiger partial charge in [0.15, 0.2) is 0 Å². The van der Waals surface area contributed by atoms with E-state index in [-0.39, 0.29) is 22.6 Å². The Balaban J connectivity index is 2.47. The average molecular weight is 264 g/mol. The van der Waals surface area contributed by atoms with Crippen LogP contribution in [0.2, 0.25) is 0 Å². The van der Waals surface area contributed by atoms with E-state index in [1.807, 2.05) is 0 Å². The highest BCUT2D eigenvalue weighted by Gasteiger charge is 2.19. The highest BCUT2D eigenvalue weighted by atomic mass is 16.3. The van der Waals surface area contributed by atoms with E-state index in [1.54, 1.807) is 0 Å². The SMILES string of the molecule is CCCCCC(C)(C)CNC(=O)c1ccncc1O. The number of carbonyl (C=O) groups is 1.